The summed E-state index contributed by atoms with van der Waals surface area (Å²) in [6.45, 7) is 0. The number of rotatable bonds is 4. The van der Waals surface area contributed by atoms with Gasteiger partial charge in [-0.05, 0) is 48.5 Å². The molecule has 0 bridgehead atoms. The van der Waals surface area contributed by atoms with Gasteiger partial charge in [-0.15, -0.1) is 0 Å². The molecule has 0 fully saturated rings. The molecular formula is C23H16Cl2N2O3. The Labute approximate surface area is 182 Å². The monoisotopic (exact) mass is 438 g/mol. The van der Waals surface area contributed by atoms with Crippen molar-refractivity contribution >= 4 is 51.4 Å². The van der Waals surface area contributed by atoms with E-state index in [9.17, 15) is 9.90 Å². The van der Waals surface area contributed by atoms with Crippen LogP contribution >= 0.6 is 23.2 Å². The molecule has 5 nitrogen and oxygen atoms in total. The first-order chi connectivity index (χ1) is 14.5. The third-order valence-electron chi connectivity index (χ3n) is 4.33. The van der Waals surface area contributed by atoms with Gasteiger partial charge in [-0.2, -0.15) is 0 Å². The normalized spacial score (nSPS) is 10.6. The van der Waals surface area contributed by atoms with Crippen LogP contribution in [0.2, 0.25) is 10.0 Å². The summed E-state index contributed by atoms with van der Waals surface area (Å²) < 4.78 is 5.79. The molecule has 150 valence electrons. The lowest BCUT2D eigenvalue weighted by atomic mass is 10.1. The highest BCUT2D eigenvalue weighted by Gasteiger charge is 2.14. The van der Waals surface area contributed by atoms with E-state index in [2.05, 4.69) is 10.6 Å². The molecule has 0 radical (unpaired) electrons. The van der Waals surface area contributed by atoms with Crippen molar-refractivity contribution in [3.05, 3.63) is 88.9 Å². The quantitative estimate of drug-likeness (QED) is 0.313. The molecule has 0 aliphatic rings. The van der Waals surface area contributed by atoms with E-state index in [1.165, 1.54) is 12.1 Å². The van der Waals surface area contributed by atoms with Crippen LogP contribution in [0.3, 0.4) is 0 Å². The number of hydrogen-bond acceptors (Lipinski definition) is 3. The van der Waals surface area contributed by atoms with Gasteiger partial charge in [-0.25, -0.2) is 4.79 Å². The van der Waals surface area contributed by atoms with Crippen LogP contribution in [-0.4, -0.2) is 11.1 Å². The number of para-hydroxylation sites is 1. The van der Waals surface area contributed by atoms with Gasteiger partial charge in [-0.3, -0.25) is 0 Å². The summed E-state index contributed by atoms with van der Waals surface area (Å²) in [6, 6.07) is 22.1. The number of hydrogen-bond donors (Lipinski definition) is 3. The van der Waals surface area contributed by atoms with E-state index in [0.717, 1.165) is 0 Å². The molecule has 4 rings (SSSR count). The van der Waals surface area contributed by atoms with E-state index in [0.29, 0.717) is 38.7 Å². The fraction of sp³-hybridized carbons (Fsp3) is 0. The van der Waals surface area contributed by atoms with Crippen LogP contribution in [0.4, 0.5) is 16.2 Å². The van der Waals surface area contributed by atoms with Crippen molar-refractivity contribution < 1.29 is 14.6 Å². The number of nitrogens with one attached hydrogen (secondary N) is 2. The van der Waals surface area contributed by atoms with E-state index in [4.69, 9.17) is 27.9 Å². The Balaban J connectivity index is 1.55. The van der Waals surface area contributed by atoms with E-state index >= 15 is 0 Å². The van der Waals surface area contributed by atoms with Crippen molar-refractivity contribution in [3.8, 4) is 17.2 Å². The third-order valence-corrected chi connectivity index (χ3v) is 4.94. The first kappa shape index (κ1) is 19.9. The van der Waals surface area contributed by atoms with E-state index in [-0.39, 0.29) is 10.8 Å². The number of fused-ring (bicyclic) bond motifs is 1. The summed E-state index contributed by atoms with van der Waals surface area (Å²) in [5.74, 6) is 1.31. The summed E-state index contributed by atoms with van der Waals surface area (Å²) >= 11 is 12.5. The molecule has 4 aromatic carbocycles. The molecule has 0 saturated carbocycles. The molecule has 0 aliphatic carbocycles. The first-order valence-corrected chi connectivity index (χ1v) is 9.77. The topological polar surface area (TPSA) is 70.6 Å². The van der Waals surface area contributed by atoms with E-state index in [1.54, 1.807) is 36.4 Å². The number of anilines is 2. The number of phenols is 1. The molecule has 30 heavy (non-hydrogen) atoms. The molecule has 2 amide bonds. The van der Waals surface area contributed by atoms with Crippen molar-refractivity contribution in [3.63, 3.8) is 0 Å². The number of carbonyl (C=O) groups excluding carboxylic acids is 1. The largest absolute Gasteiger partial charge is 0.508 e. The summed E-state index contributed by atoms with van der Waals surface area (Å²) in [7, 11) is 0. The second-order valence-electron chi connectivity index (χ2n) is 6.47. The second kappa shape index (κ2) is 8.53. The van der Waals surface area contributed by atoms with Gasteiger partial charge < -0.3 is 20.5 Å². The zero-order chi connectivity index (χ0) is 21.1. The fourth-order valence-corrected chi connectivity index (χ4v) is 3.59. The maximum absolute atomic E-state index is 12.6. The zero-order valence-electron chi connectivity index (χ0n) is 15.5. The molecular weight excluding hydrogens is 423 g/mol. The molecule has 0 spiro atoms. The third kappa shape index (κ3) is 4.43. The van der Waals surface area contributed by atoms with Crippen LogP contribution < -0.4 is 15.4 Å². The minimum atomic E-state index is -0.499. The lowest BCUT2D eigenvalue weighted by Crippen LogP contribution is -2.19. The summed E-state index contributed by atoms with van der Waals surface area (Å²) in [6.07, 6.45) is 0. The van der Waals surface area contributed by atoms with Gasteiger partial charge in [0.05, 0.1) is 15.7 Å². The van der Waals surface area contributed by atoms with Gasteiger partial charge in [0.1, 0.15) is 17.2 Å². The smallest absolute Gasteiger partial charge is 0.323 e. The van der Waals surface area contributed by atoms with Crippen molar-refractivity contribution in [1.29, 1.82) is 0 Å². The first-order valence-electron chi connectivity index (χ1n) is 9.01. The number of benzene rings is 4. The van der Waals surface area contributed by atoms with E-state index in [1.807, 2.05) is 30.3 Å². The number of phenolic OH excluding ortho intramolecular Hbond substituents is 1. The second-order valence-corrected chi connectivity index (χ2v) is 7.28. The number of carbonyl (C=O) groups is 1. The Hall–Kier alpha value is -3.41. The highest BCUT2D eigenvalue weighted by atomic mass is 35.5. The van der Waals surface area contributed by atoms with Gasteiger partial charge >= 0.3 is 6.03 Å². The maximum atomic E-state index is 12.6. The van der Waals surface area contributed by atoms with Gasteiger partial charge in [0.15, 0.2) is 0 Å². The summed E-state index contributed by atoms with van der Waals surface area (Å²) in [5.41, 5.74) is 0.888. The summed E-state index contributed by atoms with van der Waals surface area (Å²) in [5, 5.41) is 17.2. The number of amides is 2. The van der Waals surface area contributed by atoms with Gasteiger partial charge in [0, 0.05) is 22.5 Å². The van der Waals surface area contributed by atoms with Crippen LogP contribution in [0, 0.1) is 0 Å². The van der Waals surface area contributed by atoms with Crippen molar-refractivity contribution in [2.75, 3.05) is 10.6 Å². The molecule has 0 aromatic heterocycles. The number of aromatic hydroxyl groups is 1. The molecule has 7 heteroatoms. The highest BCUT2D eigenvalue weighted by Crippen LogP contribution is 2.38. The molecule has 0 saturated heterocycles. The Kier molecular flexibility index (Phi) is 5.65. The number of halogens is 2. The van der Waals surface area contributed by atoms with Gasteiger partial charge in [0.2, 0.25) is 0 Å². The predicted molar refractivity (Wildman–Crippen MR) is 121 cm³/mol. The van der Waals surface area contributed by atoms with Crippen LogP contribution in [-0.2, 0) is 0 Å². The Bertz CT molecular complexity index is 1230. The molecule has 4 aromatic rings. The Morgan fingerprint density at radius 1 is 0.767 bits per heavy atom. The fourth-order valence-electron chi connectivity index (χ4n) is 3.00. The average molecular weight is 439 g/mol. The van der Waals surface area contributed by atoms with Gasteiger partial charge in [-0.1, -0.05) is 47.5 Å². The zero-order valence-corrected chi connectivity index (χ0v) is 17.0. The lowest BCUT2D eigenvalue weighted by molar-refractivity contribution is 0.262. The number of urea groups is 1. The molecule has 0 atom stereocenters. The predicted octanol–water partition coefficient (Wildman–Crippen LogP) is 7.29. The summed E-state index contributed by atoms with van der Waals surface area (Å²) in [4.78, 5) is 12.6. The van der Waals surface area contributed by atoms with Crippen LogP contribution in [0.25, 0.3) is 10.8 Å². The van der Waals surface area contributed by atoms with Crippen LogP contribution in [0.5, 0.6) is 17.2 Å². The minimum Gasteiger partial charge on any atom is -0.508 e. The SMILES string of the molecule is O=C(Nc1cccc(Oc2ccccc2)c1)Nc1c(Cl)cc(Cl)c2ccc(O)cc12. The van der Waals surface area contributed by atoms with Gasteiger partial charge in [0.25, 0.3) is 0 Å². The standard InChI is InChI=1S/C23H16Cl2N2O3/c24-20-13-21(25)22(19-12-15(28)9-10-18(19)20)27-23(29)26-14-5-4-8-17(11-14)30-16-6-2-1-3-7-16/h1-13,28H,(H2,26,27,29). The van der Waals surface area contributed by atoms with Crippen molar-refractivity contribution in [1.82, 2.24) is 0 Å². The van der Waals surface area contributed by atoms with Crippen LogP contribution in [0.15, 0.2) is 78.9 Å². The van der Waals surface area contributed by atoms with Crippen molar-refractivity contribution in [2.24, 2.45) is 0 Å². The van der Waals surface area contributed by atoms with Crippen molar-refractivity contribution in [2.45, 2.75) is 0 Å². The maximum Gasteiger partial charge on any atom is 0.323 e. The Morgan fingerprint density at radius 2 is 1.53 bits per heavy atom. The molecule has 0 heterocycles. The number of ether oxygens (including phenoxy) is 1. The minimum absolute atomic E-state index is 0.0371. The molecule has 3 N–H and O–H groups in total. The molecule has 0 aliphatic heterocycles. The van der Waals surface area contributed by atoms with Crippen LogP contribution in [0.1, 0.15) is 0 Å². The lowest BCUT2D eigenvalue weighted by Gasteiger charge is -2.14. The van der Waals surface area contributed by atoms with E-state index < -0.39 is 6.03 Å². The Morgan fingerprint density at radius 3 is 2.33 bits per heavy atom. The molecule has 0 unspecified atom stereocenters. The highest BCUT2D eigenvalue weighted by molar-refractivity contribution is 6.41. The average Bonchev–Trinajstić information content (AvgIpc) is 2.72.